The molecular formula is C22H25F3N2O4. The number of amides is 1. The first-order valence-corrected chi connectivity index (χ1v) is 9.44. The molecule has 1 aliphatic rings. The van der Waals surface area contributed by atoms with Gasteiger partial charge < -0.3 is 24.9 Å². The van der Waals surface area contributed by atoms with Crippen molar-refractivity contribution in [1.29, 1.82) is 0 Å². The minimum Gasteiger partial charge on any atom is -0.393 e. The second-order valence-electron chi connectivity index (χ2n) is 6.63. The summed E-state index contributed by atoms with van der Waals surface area (Å²) in [7, 11) is 0. The van der Waals surface area contributed by atoms with Crippen LogP contribution in [0.25, 0.3) is 0 Å². The molecule has 0 saturated carbocycles. The maximum absolute atomic E-state index is 13.4. The maximum atomic E-state index is 13.4. The Kier molecular flexibility index (Phi) is 11.0. The van der Waals surface area contributed by atoms with Crippen LogP contribution in [0.15, 0.2) is 36.4 Å². The van der Waals surface area contributed by atoms with Crippen LogP contribution in [0.3, 0.4) is 0 Å². The van der Waals surface area contributed by atoms with Gasteiger partial charge in [0.15, 0.2) is 11.6 Å². The molecule has 2 aromatic rings. The van der Waals surface area contributed by atoms with Crippen LogP contribution in [-0.4, -0.2) is 43.8 Å². The zero-order valence-corrected chi connectivity index (χ0v) is 17.0. The number of hydrogen-bond acceptors (Lipinski definition) is 5. The van der Waals surface area contributed by atoms with Crippen molar-refractivity contribution in [2.75, 3.05) is 23.3 Å². The number of nitrogens with one attached hydrogen (secondary N) is 1. The molecule has 1 unspecified atom stereocenters. The van der Waals surface area contributed by atoms with Crippen LogP contribution >= 0.6 is 0 Å². The summed E-state index contributed by atoms with van der Waals surface area (Å²) in [5, 5.41) is 12.3. The third-order valence-electron chi connectivity index (χ3n) is 4.71. The summed E-state index contributed by atoms with van der Waals surface area (Å²) in [6.45, 7) is 4.57. The van der Waals surface area contributed by atoms with Gasteiger partial charge in [-0.15, -0.1) is 0 Å². The number of benzene rings is 2. The Morgan fingerprint density at radius 3 is 2.39 bits per heavy atom. The van der Waals surface area contributed by atoms with Gasteiger partial charge in [0.1, 0.15) is 20.3 Å². The van der Waals surface area contributed by atoms with Gasteiger partial charge >= 0.3 is 0 Å². The minimum atomic E-state index is -1.05. The Hall–Kier alpha value is -3.20. The first-order valence-electron chi connectivity index (χ1n) is 9.44. The summed E-state index contributed by atoms with van der Waals surface area (Å²) in [4.78, 5) is 30.5. The fourth-order valence-corrected chi connectivity index (χ4v) is 3.21. The van der Waals surface area contributed by atoms with Crippen LogP contribution in [0.2, 0.25) is 0 Å². The number of hydrogen-bond donors (Lipinski definition) is 2. The lowest BCUT2D eigenvalue weighted by Crippen LogP contribution is -2.26. The van der Waals surface area contributed by atoms with Crippen LogP contribution in [0.4, 0.5) is 24.5 Å². The quantitative estimate of drug-likeness (QED) is 0.761. The van der Waals surface area contributed by atoms with E-state index >= 15 is 0 Å². The molecule has 1 saturated heterocycles. The molecule has 168 valence electrons. The fraction of sp³-hybridized carbons (Fsp3) is 0.318. The molecular weight excluding hydrogens is 413 g/mol. The number of aliphatic hydroxyl groups is 1. The zero-order chi connectivity index (χ0) is 23.4. The van der Waals surface area contributed by atoms with Crippen molar-refractivity contribution < 1.29 is 32.7 Å². The van der Waals surface area contributed by atoms with Gasteiger partial charge in [-0.2, -0.15) is 0 Å². The van der Waals surface area contributed by atoms with Gasteiger partial charge in [0.2, 0.25) is 0 Å². The van der Waals surface area contributed by atoms with E-state index in [2.05, 4.69) is 5.32 Å². The highest BCUT2D eigenvalue weighted by Gasteiger charge is 2.19. The van der Waals surface area contributed by atoms with Crippen molar-refractivity contribution in [2.45, 2.75) is 32.0 Å². The van der Waals surface area contributed by atoms with Crippen LogP contribution in [0.5, 0.6) is 0 Å². The first kappa shape index (κ1) is 25.8. The molecule has 3 rings (SSSR count). The van der Waals surface area contributed by atoms with E-state index in [0.717, 1.165) is 18.6 Å². The van der Waals surface area contributed by atoms with Gasteiger partial charge in [0.25, 0.3) is 5.91 Å². The van der Waals surface area contributed by atoms with Gasteiger partial charge in [-0.05, 0) is 43.5 Å². The number of carbonyl (C=O) groups is 3. The molecule has 0 spiro atoms. The maximum Gasteiger partial charge on any atom is 0.255 e. The van der Waals surface area contributed by atoms with Crippen molar-refractivity contribution >= 4 is 30.9 Å². The van der Waals surface area contributed by atoms with E-state index < -0.39 is 24.2 Å². The Balaban J connectivity index is 0.00000113. The van der Waals surface area contributed by atoms with E-state index in [1.54, 1.807) is 12.1 Å². The second kappa shape index (κ2) is 13.2. The molecule has 2 N–H and O–H groups in total. The average Bonchev–Trinajstić information content (AvgIpc) is 3.03. The van der Waals surface area contributed by atoms with Crippen molar-refractivity contribution in [3.8, 4) is 0 Å². The predicted molar refractivity (Wildman–Crippen MR) is 112 cm³/mol. The molecule has 1 amide bonds. The number of rotatable bonds is 4. The molecule has 6 nitrogen and oxygen atoms in total. The zero-order valence-electron chi connectivity index (χ0n) is 17.0. The van der Waals surface area contributed by atoms with Gasteiger partial charge in [-0.3, -0.25) is 4.79 Å². The molecule has 31 heavy (non-hydrogen) atoms. The third kappa shape index (κ3) is 7.21. The highest BCUT2D eigenvalue weighted by Crippen LogP contribution is 2.27. The SMILES string of the molecule is C=O.C=O.O=C(Nc1ccc(F)c(F)c1)c1ccc(CF)c(N2CCCC(O)CC2)c1. The molecule has 0 aliphatic carbocycles. The molecule has 0 aromatic heterocycles. The van der Waals surface area contributed by atoms with E-state index in [0.29, 0.717) is 37.2 Å². The summed E-state index contributed by atoms with van der Waals surface area (Å²) in [5.41, 5.74) is 1.50. The van der Waals surface area contributed by atoms with Crippen LogP contribution < -0.4 is 10.2 Å². The summed E-state index contributed by atoms with van der Waals surface area (Å²) < 4.78 is 39.8. The molecule has 1 aliphatic heterocycles. The number of aliphatic hydroxyl groups excluding tert-OH is 1. The van der Waals surface area contributed by atoms with E-state index in [1.807, 2.05) is 18.5 Å². The molecule has 0 radical (unpaired) electrons. The topological polar surface area (TPSA) is 86.7 Å². The number of alkyl halides is 1. The highest BCUT2D eigenvalue weighted by atomic mass is 19.2. The van der Waals surface area contributed by atoms with Crippen LogP contribution in [-0.2, 0) is 16.3 Å². The molecule has 9 heteroatoms. The Bertz CT molecular complexity index is 865. The normalized spacial score (nSPS) is 15.5. The van der Waals surface area contributed by atoms with Crippen molar-refractivity contribution in [1.82, 2.24) is 0 Å². The highest BCUT2D eigenvalue weighted by molar-refractivity contribution is 6.05. The predicted octanol–water partition coefficient (Wildman–Crippen LogP) is 3.67. The lowest BCUT2D eigenvalue weighted by atomic mass is 10.1. The van der Waals surface area contributed by atoms with E-state index in [-0.39, 0.29) is 17.4 Å². The average molecular weight is 438 g/mol. The lowest BCUT2D eigenvalue weighted by molar-refractivity contribution is -0.0987. The standard InChI is InChI=1S/C20H21F3N2O2.2CH2O/c21-12-14-4-3-13(10-19(14)25-8-1-2-16(26)7-9-25)20(27)24-15-5-6-17(22)18(23)11-15;2*1-2/h3-6,10-11,16,26H,1-2,7-9,12H2,(H,24,27);2*1H2. The summed E-state index contributed by atoms with van der Waals surface area (Å²) >= 11 is 0. The molecule has 1 fully saturated rings. The van der Waals surface area contributed by atoms with Crippen LogP contribution in [0, 0.1) is 11.6 Å². The van der Waals surface area contributed by atoms with Gasteiger partial charge in [-0.1, -0.05) is 6.07 Å². The van der Waals surface area contributed by atoms with Gasteiger partial charge in [-0.25, -0.2) is 13.2 Å². The molecule has 1 heterocycles. The smallest absolute Gasteiger partial charge is 0.255 e. The Morgan fingerprint density at radius 1 is 1.03 bits per heavy atom. The van der Waals surface area contributed by atoms with E-state index in [9.17, 15) is 23.1 Å². The van der Waals surface area contributed by atoms with Gasteiger partial charge in [0.05, 0.1) is 6.10 Å². The largest absolute Gasteiger partial charge is 0.393 e. The first-order chi connectivity index (χ1) is 15.0. The lowest BCUT2D eigenvalue weighted by Gasteiger charge is -2.25. The minimum absolute atomic E-state index is 0.132. The van der Waals surface area contributed by atoms with Crippen molar-refractivity contribution in [3.05, 3.63) is 59.2 Å². The summed E-state index contributed by atoms with van der Waals surface area (Å²) in [6.07, 6.45) is 1.68. The fourth-order valence-electron chi connectivity index (χ4n) is 3.21. The molecule has 0 bridgehead atoms. The molecule has 1 atom stereocenters. The summed E-state index contributed by atoms with van der Waals surface area (Å²) in [5.74, 6) is -2.54. The Labute approximate surface area is 178 Å². The van der Waals surface area contributed by atoms with E-state index in [4.69, 9.17) is 9.59 Å². The number of nitrogens with zero attached hydrogens (tertiary/aromatic N) is 1. The summed E-state index contributed by atoms with van der Waals surface area (Å²) in [6, 6.07) is 7.76. The monoisotopic (exact) mass is 438 g/mol. The van der Waals surface area contributed by atoms with E-state index in [1.165, 1.54) is 12.1 Å². The molecule has 2 aromatic carbocycles. The van der Waals surface area contributed by atoms with Crippen molar-refractivity contribution in [2.24, 2.45) is 0 Å². The third-order valence-corrected chi connectivity index (χ3v) is 4.71. The van der Waals surface area contributed by atoms with Crippen molar-refractivity contribution in [3.63, 3.8) is 0 Å². The number of halogens is 3. The number of anilines is 2. The Morgan fingerprint density at radius 2 is 1.74 bits per heavy atom. The second-order valence-corrected chi connectivity index (χ2v) is 6.63. The van der Waals surface area contributed by atoms with Gasteiger partial charge in [0, 0.05) is 41.7 Å². The number of carbonyl (C=O) groups excluding carboxylic acids is 3. The van der Waals surface area contributed by atoms with Crippen LogP contribution in [0.1, 0.15) is 35.2 Å².